The summed E-state index contributed by atoms with van der Waals surface area (Å²) >= 11 is 0. The Morgan fingerprint density at radius 2 is 1.97 bits per heavy atom. The van der Waals surface area contributed by atoms with E-state index < -0.39 is 11.7 Å². The highest BCUT2D eigenvalue weighted by Gasteiger charge is 2.60. The van der Waals surface area contributed by atoms with Crippen LogP contribution in [0, 0.1) is 0 Å². The molecule has 2 fully saturated rings. The summed E-state index contributed by atoms with van der Waals surface area (Å²) in [4.78, 5) is 6.19. The summed E-state index contributed by atoms with van der Waals surface area (Å²) in [5, 5.41) is 18.9. The van der Waals surface area contributed by atoms with Gasteiger partial charge in [-0.1, -0.05) is 0 Å². The molecule has 8 heteroatoms. The molecule has 0 radical (unpaired) electrons. The van der Waals surface area contributed by atoms with Crippen molar-refractivity contribution in [3.63, 3.8) is 0 Å². The van der Waals surface area contributed by atoms with Crippen molar-refractivity contribution in [3.05, 3.63) is 49.1 Å². The summed E-state index contributed by atoms with van der Waals surface area (Å²) < 4.78 is 22.6. The lowest BCUT2D eigenvalue weighted by atomic mass is 9.84. The average Bonchev–Trinajstić information content (AvgIpc) is 3.30. The van der Waals surface area contributed by atoms with Crippen LogP contribution in [0.4, 0.5) is 4.39 Å². The van der Waals surface area contributed by atoms with E-state index in [0.717, 1.165) is 12.1 Å². The number of halogens is 1. The van der Waals surface area contributed by atoms with Crippen LogP contribution in [0.3, 0.4) is 0 Å². The van der Waals surface area contributed by atoms with Gasteiger partial charge in [0.1, 0.15) is 18.0 Å². The second-order valence-electron chi connectivity index (χ2n) is 9.16. The number of rotatable bonds is 4. The average molecular weight is 423 g/mol. The lowest BCUT2D eigenvalue weighted by Crippen LogP contribution is -2.58. The number of fused-ring (bicyclic) bond motifs is 2. The fourth-order valence-electron chi connectivity index (χ4n) is 5.17. The quantitative estimate of drug-likeness (QED) is 0.689. The van der Waals surface area contributed by atoms with Crippen molar-refractivity contribution in [1.82, 2.24) is 24.6 Å². The molecule has 31 heavy (non-hydrogen) atoms. The summed E-state index contributed by atoms with van der Waals surface area (Å²) in [6, 6.07) is 8.87. The van der Waals surface area contributed by atoms with Crippen LogP contribution >= 0.6 is 0 Å². The van der Waals surface area contributed by atoms with Crippen LogP contribution in [0.5, 0.6) is 11.6 Å². The minimum absolute atomic E-state index is 0.107. The number of hydrogen-bond acceptors (Lipinski definition) is 6. The molecular weight excluding hydrogens is 397 g/mol. The zero-order valence-corrected chi connectivity index (χ0v) is 17.9. The Hall–Kier alpha value is -3.00. The summed E-state index contributed by atoms with van der Waals surface area (Å²) in [7, 11) is 2.01. The van der Waals surface area contributed by atoms with Crippen LogP contribution < -0.4 is 4.74 Å². The van der Waals surface area contributed by atoms with Gasteiger partial charge in [-0.15, -0.1) is 10.2 Å². The van der Waals surface area contributed by atoms with Crippen LogP contribution in [0.1, 0.15) is 33.1 Å². The van der Waals surface area contributed by atoms with Gasteiger partial charge in [-0.25, -0.2) is 9.37 Å². The van der Waals surface area contributed by atoms with Crippen molar-refractivity contribution in [2.24, 2.45) is 0 Å². The van der Waals surface area contributed by atoms with Gasteiger partial charge in [0, 0.05) is 48.5 Å². The van der Waals surface area contributed by atoms with Gasteiger partial charge in [-0.3, -0.25) is 4.90 Å². The fraction of sp³-hybridized carbons (Fsp3) is 0.435. The van der Waals surface area contributed by atoms with Crippen molar-refractivity contribution in [2.75, 3.05) is 7.05 Å². The van der Waals surface area contributed by atoms with Gasteiger partial charge in [0.2, 0.25) is 5.88 Å². The maximum Gasteiger partial charge on any atom is 0.233 e. The maximum absolute atomic E-state index is 14.7. The molecule has 7 nitrogen and oxygen atoms in total. The van der Waals surface area contributed by atoms with Gasteiger partial charge in [0.15, 0.2) is 0 Å². The van der Waals surface area contributed by atoms with E-state index in [1.54, 1.807) is 36.8 Å². The molecule has 1 N–H and O–H groups in total. The molecule has 4 heterocycles. The third kappa shape index (κ3) is 3.26. The van der Waals surface area contributed by atoms with Crippen molar-refractivity contribution in [3.8, 4) is 28.6 Å². The monoisotopic (exact) mass is 423 g/mol. The first-order valence-electron chi connectivity index (χ1n) is 10.5. The van der Waals surface area contributed by atoms with E-state index in [4.69, 9.17) is 4.74 Å². The molecule has 162 valence electrons. The molecule has 2 saturated heterocycles. The molecule has 0 saturated carbocycles. The SMILES string of the molecule is CN1[C@]2(C)C[C@H](Oc3ccc(-c4ccc(-n5ccnc5)cc4O)nn3)C[C@@]1(C)[C@@H](F)C2. The van der Waals surface area contributed by atoms with E-state index in [2.05, 4.69) is 27.0 Å². The number of aromatic hydroxyl groups is 1. The molecule has 4 atom stereocenters. The Kier molecular flexibility index (Phi) is 4.51. The third-order valence-corrected chi connectivity index (χ3v) is 7.17. The maximum atomic E-state index is 14.7. The molecule has 2 bridgehead atoms. The summed E-state index contributed by atoms with van der Waals surface area (Å²) in [6.07, 6.45) is 6.06. The van der Waals surface area contributed by atoms with Crippen LogP contribution in [0.25, 0.3) is 16.9 Å². The van der Waals surface area contributed by atoms with Crippen molar-refractivity contribution >= 4 is 0 Å². The number of imidazole rings is 1. The molecule has 0 amide bonds. The van der Waals surface area contributed by atoms with E-state index in [9.17, 15) is 9.50 Å². The Morgan fingerprint density at radius 3 is 2.61 bits per heavy atom. The summed E-state index contributed by atoms with van der Waals surface area (Å²) in [6.45, 7) is 4.08. The topological polar surface area (TPSA) is 76.3 Å². The van der Waals surface area contributed by atoms with Crippen LogP contribution in [0.15, 0.2) is 49.1 Å². The van der Waals surface area contributed by atoms with Crippen LogP contribution in [0.2, 0.25) is 0 Å². The van der Waals surface area contributed by atoms with E-state index >= 15 is 0 Å². The lowest BCUT2D eigenvalue weighted by Gasteiger charge is -2.48. The van der Waals surface area contributed by atoms with E-state index in [0.29, 0.717) is 30.0 Å². The fourth-order valence-corrected chi connectivity index (χ4v) is 5.17. The minimum atomic E-state index is -0.863. The van der Waals surface area contributed by atoms with Gasteiger partial charge < -0.3 is 14.4 Å². The molecule has 2 aromatic heterocycles. The first kappa shape index (κ1) is 19.9. The van der Waals surface area contributed by atoms with Gasteiger partial charge in [0.05, 0.1) is 23.2 Å². The molecular formula is C23H26FN5O2. The zero-order chi connectivity index (χ0) is 21.8. The number of phenolic OH excluding ortho intramolecular Hbond substituents is 1. The predicted molar refractivity (Wildman–Crippen MR) is 114 cm³/mol. The molecule has 0 spiro atoms. The summed E-state index contributed by atoms with van der Waals surface area (Å²) in [5.74, 6) is 0.519. The van der Waals surface area contributed by atoms with E-state index in [1.165, 1.54) is 0 Å². The van der Waals surface area contributed by atoms with Gasteiger partial charge >= 0.3 is 0 Å². The largest absolute Gasteiger partial charge is 0.507 e. The number of benzene rings is 1. The molecule has 2 aliphatic rings. The van der Waals surface area contributed by atoms with E-state index in [-0.39, 0.29) is 17.4 Å². The third-order valence-electron chi connectivity index (χ3n) is 7.17. The number of piperidine rings is 1. The number of nitrogens with zero attached hydrogens (tertiary/aromatic N) is 5. The normalized spacial score (nSPS) is 30.5. The van der Waals surface area contributed by atoms with Gasteiger partial charge in [-0.05, 0) is 45.5 Å². The molecule has 1 aromatic carbocycles. The summed E-state index contributed by atoms with van der Waals surface area (Å²) in [5.41, 5.74) is 1.20. The lowest BCUT2D eigenvalue weighted by molar-refractivity contribution is -0.0382. The Labute approximate surface area is 180 Å². The first-order chi connectivity index (χ1) is 14.8. The highest BCUT2D eigenvalue weighted by molar-refractivity contribution is 5.68. The van der Waals surface area contributed by atoms with Gasteiger partial charge in [0.25, 0.3) is 0 Å². The van der Waals surface area contributed by atoms with Crippen molar-refractivity contribution < 1.29 is 14.2 Å². The highest BCUT2D eigenvalue weighted by Crippen LogP contribution is 2.51. The van der Waals surface area contributed by atoms with Crippen LogP contribution in [-0.4, -0.2) is 60.2 Å². The van der Waals surface area contributed by atoms with Crippen LogP contribution in [-0.2, 0) is 0 Å². The second kappa shape index (κ2) is 7.02. The Morgan fingerprint density at radius 1 is 1.13 bits per heavy atom. The number of alkyl halides is 1. The zero-order valence-electron chi connectivity index (χ0n) is 17.9. The predicted octanol–water partition coefficient (Wildman–Crippen LogP) is 3.77. The molecule has 0 unspecified atom stereocenters. The Bertz CT molecular complexity index is 1090. The number of ether oxygens (including phenoxy) is 1. The molecule has 2 aliphatic heterocycles. The molecule has 0 aliphatic carbocycles. The minimum Gasteiger partial charge on any atom is -0.507 e. The van der Waals surface area contributed by atoms with Gasteiger partial charge in [-0.2, -0.15) is 0 Å². The standard InChI is InChI=1S/C23H26FN5O2/c1-22-11-16(12-23(2,28(22)3)20(24)13-22)31-21-7-6-18(26-27-21)17-5-4-15(10-19(17)30)29-9-8-25-14-29/h4-10,14,16,20,30H,11-13H2,1-3H3/t16-,20-,22+,23-/m0/s1. The number of phenols is 1. The number of hydrogen-bond donors (Lipinski definition) is 1. The molecule has 5 rings (SSSR count). The van der Waals surface area contributed by atoms with Crippen molar-refractivity contribution in [2.45, 2.75) is 56.5 Å². The smallest absolute Gasteiger partial charge is 0.233 e. The van der Waals surface area contributed by atoms with E-state index in [1.807, 2.05) is 30.8 Å². The molecule has 3 aromatic rings. The second-order valence-corrected chi connectivity index (χ2v) is 9.16. The number of aromatic nitrogens is 4. The highest BCUT2D eigenvalue weighted by atomic mass is 19.1. The van der Waals surface area contributed by atoms with Crippen molar-refractivity contribution in [1.29, 1.82) is 0 Å². The Balaban J connectivity index is 1.32. The first-order valence-corrected chi connectivity index (χ1v) is 10.5.